The maximum Gasteiger partial charge on any atom is 0.273 e. The molecule has 0 radical (unpaired) electrons. The number of thiazole rings is 1. The molecule has 0 atom stereocenters. The van der Waals surface area contributed by atoms with Gasteiger partial charge in [-0.1, -0.05) is 24.3 Å². The highest BCUT2D eigenvalue weighted by molar-refractivity contribution is 7.07. The van der Waals surface area contributed by atoms with Crippen LogP contribution in [-0.2, 0) is 4.79 Å². The van der Waals surface area contributed by atoms with E-state index in [1.54, 1.807) is 10.9 Å². The SMILES string of the molecule is CC(=O)Nc1cccc(-c2ccc(C(=O)N3CC(N4CCN(C(=O)c5cscn5)CC4)C3)cc2)c1. The van der Waals surface area contributed by atoms with Crippen molar-refractivity contribution in [3.63, 3.8) is 0 Å². The van der Waals surface area contributed by atoms with Gasteiger partial charge in [-0.3, -0.25) is 19.3 Å². The van der Waals surface area contributed by atoms with Crippen LogP contribution in [0.3, 0.4) is 0 Å². The molecule has 5 rings (SSSR count). The lowest BCUT2D eigenvalue weighted by Crippen LogP contribution is -2.64. The van der Waals surface area contributed by atoms with Gasteiger partial charge in [-0.2, -0.15) is 0 Å². The molecule has 0 bridgehead atoms. The van der Waals surface area contributed by atoms with Crippen LogP contribution in [0, 0.1) is 0 Å². The van der Waals surface area contributed by atoms with Crippen LogP contribution in [0.1, 0.15) is 27.8 Å². The fourth-order valence-electron chi connectivity index (χ4n) is 4.59. The molecule has 1 aromatic heterocycles. The molecule has 180 valence electrons. The number of carbonyl (C=O) groups is 3. The number of hydrogen-bond acceptors (Lipinski definition) is 6. The van der Waals surface area contributed by atoms with Crippen LogP contribution >= 0.6 is 11.3 Å². The largest absolute Gasteiger partial charge is 0.335 e. The number of hydrogen-bond donors (Lipinski definition) is 1. The van der Waals surface area contributed by atoms with Gasteiger partial charge in [0.25, 0.3) is 11.8 Å². The van der Waals surface area contributed by atoms with Crippen molar-refractivity contribution in [1.82, 2.24) is 19.7 Å². The highest BCUT2D eigenvalue weighted by Gasteiger charge is 2.37. The fourth-order valence-corrected chi connectivity index (χ4v) is 5.12. The Balaban J connectivity index is 1.12. The molecule has 2 aliphatic heterocycles. The van der Waals surface area contributed by atoms with Crippen LogP contribution in [0.5, 0.6) is 0 Å². The van der Waals surface area contributed by atoms with Gasteiger partial charge in [0.15, 0.2) is 0 Å². The lowest BCUT2D eigenvalue weighted by atomic mass is 10.0. The third-order valence-corrected chi connectivity index (χ3v) is 7.15. The second kappa shape index (κ2) is 9.97. The molecule has 3 amide bonds. The van der Waals surface area contributed by atoms with Gasteiger partial charge in [-0.25, -0.2) is 4.98 Å². The van der Waals surface area contributed by atoms with Gasteiger partial charge in [0.05, 0.1) is 5.51 Å². The van der Waals surface area contributed by atoms with Gasteiger partial charge >= 0.3 is 0 Å². The maximum atomic E-state index is 13.0. The van der Waals surface area contributed by atoms with Crippen LogP contribution in [0.2, 0.25) is 0 Å². The Bertz CT molecular complexity index is 1210. The fraction of sp³-hybridized carbons (Fsp3) is 0.308. The van der Waals surface area contributed by atoms with Crippen LogP contribution < -0.4 is 5.32 Å². The zero-order valence-electron chi connectivity index (χ0n) is 19.5. The Hall–Kier alpha value is -3.56. The molecule has 0 spiro atoms. The van der Waals surface area contributed by atoms with E-state index in [0.29, 0.717) is 43.5 Å². The van der Waals surface area contributed by atoms with E-state index >= 15 is 0 Å². The minimum absolute atomic E-state index is 0.00148. The topological polar surface area (TPSA) is 85.9 Å². The lowest BCUT2D eigenvalue weighted by Gasteiger charge is -2.48. The molecule has 2 fully saturated rings. The number of nitrogens with zero attached hydrogens (tertiary/aromatic N) is 4. The normalized spacial score (nSPS) is 16.6. The molecule has 0 saturated carbocycles. The number of likely N-dealkylation sites (tertiary alicyclic amines) is 1. The summed E-state index contributed by atoms with van der Waals surface area (Å²) in [5.41, 5.74) is 5.59. The van der Waals surface area contributed by atoms with E-state index in [1.807, 2.05) is 58.3 Å². The van der Waals surface area contributed by atoms with E-state index in [4.69, 9.17) is 0 Å². The molecule has 2 aromatic carbocycles. The van der Waals surface area contributed by atoms with Gasteiger partial charge in [0, 0.05) is 68.9 Å². The van der Waals surface area contributed by atoms with E-state index < -0.39 is 0 Å². The molecule has 0 unspecified atom stereocenters. The van der Waals surface area contributed by atoms with Crippen LogP contribution in [-0.4, -0.2) is 82.7 Å². The Morgan fingerprint density at radius 3 is 2.31 bits per heavy atom. The van der Waals surface area contributed by atoms with Gasteiger partial charge in [-0.15, -0.1) is 11.3 Å². The second-order valence-corrected chi connectivity index (χ2v) is 9.62. The number of amides is 3. The quantitative estimate of drug-likeness (QED) is 0.596. The zero-order chi connectivity index (χ0) is 24.4. The smallest absolute Gasteiger partial charge is 0.273 e. The number of benzene rings is 2. The van der Waals surface area contributed by atoms with E-state index in [0.717, 1.165) is 29.9 Å². The number of carbonyl (C=O) groups excluding carboxylic acids is 3. The first-order valence-electron chi connectivity index (χ1n) is 11.7. The molecule has 2 aliphatic rings. The van der Waals surface area contributed by atoms with Crippen molar-refractivity contribution in [3.05, 3.63) is 70.7 Å². The monoisotopic (exact) mass is 489 g/mol. The average Bonchev–Trinajstić information content (AvgIpc) is 3.38. The van der Waals surface area contributed by atoms with Gasteiger partial charge < -0.3 is 15.1 Å². The lowest BCUT2D eigenvalue weighted by molar-refractivity contribution is -0.114. The predicted octanol–water partition coefficient (Wildman–Crippen LogP) is 3.05. The predicted molar refractivity (Wildman–Crippen MR) is 135 cm³/mol. The van der Waals surface area contributed by atoms with E-state index in [9.17, 15) is 14.4 Å². The molecule has 8 nitrogen and oxygen atoms in total. The van der Waals surface area contributed by atoms with Gasteiger partial charge in [0.1, 0.15) is 5.69 Å². The highest BCUT2D eigenvalue weighted by Crippen LogP contribution is 2.25. The first kappa shape index (κ1) is 23.2. The molecule has 1 N–H and O–H groups in total. The van der Waals surface area contributed by atoms with Crippen LogP contribution in [0.25, 0.3) is 11.1 Å². The third kappa shape index (κ3) is 5.11. The van der Waals surface area contributed by atoms with Crippen molar-refractivity contribution in [2.75, 3.05) is 44.6 Å². The number of nitrogens with one attached hydrogen (secondary N) is 1. The number of anilines is 1. The van der Waals surface area contributed by atoms with Gasteiger partial charge in [0.2, 0.25) is 5.91 Å². The van der Waals surface area contributed by atoms with Gasteiger partial charge in [-0.05, 0) is 35.4 Å². The molecule has 0 aliphatic carbocycles. The van der Waals surface area contributed by atoms with Crippen molar-refractivity contribution >= 4 is 34.7 Å². The molecule has 2 saturated heterocycles. The molecule has 9 heteroatoms. The Morgan fingerprint density at radius 2 is 1.66 bits per heavy atom. The van der Waals surface area contributed by atoms with Crippen LogP contribution in [0.15, 0.2) is 59.4 Å². The Labute approximate surface area is 208 Å². The summed E-state index contributed by atoms with van der Waals surface area (Å²) in [6.45, 7) is 5.90. The van der Waals surface area contributed by atoms with Crippen LogP contribution in [0.4, 0.5) is 5.69 Å². The summed E-state index contributed by atoms with van der Waals surface area (Å²) in [5.74, 6) is -0.0688. The summed E-state index contributed by atoms with van der Waals surface area (Å²) in [5, 5.41) is 4.59. The van der Waals surface area contributed by atoms with E-state index in [1.165, 1.54) is 18.3 Å². The van der Waals surface area contributed by atoms with Crippen molar-refractivity contribution in [2.24, 2.45) is 0 Å². The number of aromatic nitrogens is 1. The summed E-state index contributed by atoms with van der Waals surface area (Å²) in [6.07, 6.45) is 0. The molecule has 3 aromatic rings. The second-order valence-electron chi connectivity index (χ2n) is 8.91. The Morgan fingerprint density at radius 1 is 0.914 bits per heavy atom. The summed E-state index contributed by atoms with van der Waals surface area (Å²) in [7, 11) is 0. The summed E-state index contributed by atoms with van der Waals surface area (Å²) in [4.78, 5) is 47.0. The third-order valence-electron chi connectivity index (χ3n) is 6.57. The maximum absolute atomic E-state index is 13.0. The summed E-state index contributed by atoms with van der Waals surface area (Å²) >= 11 is 1.43. The van der Waals surface area contributed by atoms with Crippen molar-refractivity contribution in [1.29, 1.82) is 0 Å². The van der Waals surface area contributed by atoms with Crippen molar-refractivity contribution in [2.45, 2.75) is 13.0 Å². The first-order valence-corrected chi connectivity index (χ1v) is 12.6. The average molecular weight is 490 g/mol. The summed E-state index contributed by atoms with van der Waals surface area (Å²) < 4.78 is 0. The van der Waals surface area contributed by atoms with Crippen molar-refractivity contribution < 1.29 is 14.4 Å². The molecular weight excluding hydrogens is 462 g/mol. The van der Waals surface area contributed by atoms with E-state index in [2.05, 4.69) is 15.2 Å². The molecule has 35 heavy (non-hydrogen) atoms. The number of rotatable bonds is 5. The van der Waals surface area contributed by atoms with E-state index in [-0.39, 0.29) is 17.7 Å². The molecular formula is C26H27N5O3S. The standard InChI is InChI=1S/C26H27N5O3S/c1-18(32)28-22-4-2-3-21(13-22)19-5-7-20(8-6-19)25(33)31-14-23(15-31)29-9-11-30(12-10-29)26(34)24-16-35-17-27-24/h2-8,13,16-17,23H,9-12,14-15H2,1H3,(H,28,32). The summed E-state index contributed by atoms with van der Waals surface area (Å²) in [6, 6.07) is 15.6. The minimum Gasteiger partial charge on any atom is -0.335 e. The number of piperazine rings is 1. The van der Waals surface area contributed by atoms with Crippen molar-refractivity contribution in [3.8, 4) is 11.1 Å². The Kier molecular flexibility index (Phi) is 6.61. The minimum atomic E-state index is -0.109. The first-order chi connectivity index (χ1) is 17.0. The zero-order valence-corrected chi connectivity index (χ0v) is 20.3. The highest BCUT2D eigenvalue weighted by atomic mass is 32.1. The molecule has 3 heterocycles.